The lowest BCUT2D eigenvalue weighted by atomic mass is 10.0. The fourth-order valence-corrected chi connectivity index (χ4v) is 2.45. The van der Waals surface area contributed by atoms with Crippen LogP contribution in [0.5, 0.6) is 0 Å². The van der Waals surface area contributed by atoms with Crippen LogP contribution in [0.25, 0.3) is 17.0 Å². The number of nitrogens with one attached hydrogen (secondary N) is 2. The van der Waals surface area contributed by atoms with Crippen molar-refractivity contribution in [3.8, 4) is 0 Å². The summed E-state index contributed by atoms with van der Waals surface area (Å²) in [6, 6.07) is 7.92. The molecule has 2 N–H and O–H groups in total. The maximum Gasteiger partial charge on any atom is 0.273 e. The molecule has 0 atom stereocenters. The number of hydrogen-bond acceptors (Lipinski definition) is 4. The van der Waals surface area contributed by atoms with Gasteiger partial charge < -0.3 is 4.98 Å². The third-order valence-corrected chi connectivity index (χ3v) is 3.50. The molecule has 0 saturated heterocycles. The maximum atomic E-state index is 12.1. The van der Waals surface area contributed by atoms with E-state index >= 15 is 0 Å². The molecule has 0 aliphatic carbocycles. The van der Waals surface area contributed by atoms with Gasteiger partial charge in [-0.05, 0) is 12.1 Å². The second-order valence-corrected chi connectivity index (χ2v) is 4.84. The average Bonchev–Trinajstić information content (AvgIpc) is 3.14. The monoisotopic (exact) mass is 289 g/mol. The van der Waals surface area contributed by atoms with Crippen molar-refractivity contribution >= 4 is 28.6 Å². The summed E-state index contributed by atoms with van der Waals surface area (Å²) >= 11 is 0. The van der Waals surface area contributed by atoms with Crippen molar-refractivity contribution in [1.82, 2.24) is 20.4 Å². The number of amides is 1. The highest BCUT2D eigenvalue weighted by atomic mass is 16.2. The van der Waals surface area contributed by atoms with Crippen molar-refractivity contribution in [1.29, 1.82) is 0 Å². The van der Waals surface area contributed by atoms with Gasteiger partial charge in [0.15, 0.2) is 0 Å². The number of rotatable bonds is 2. The maximum absolute atomic E-state index is 12.1. The zero-order valence-corrected chi connectivity index (χ0v) is 11.4. The first-order chi connectivity index (χ1) is 10.8. The van der Waals surface area contributed by atoms with Gasteiger partial charge in [0.05, 0.1) is 11.8 Å². The van der Waals surface area contributed by atoms with Gasteiger partial charge in [-0.25, -0.2) is 5.43 Å². The molecule has 106 valence electrons. The van der Waals surface area contributed by atoms with Crippen molar-refractivity contribution in [2.75, 3.05) is 0 Å². The van der Waals surface area contributed by atoms with Gasteiger partial charge in [0, 0.05) is 35.1 Å². The first-order valence-corrected chi connectivity index (χ1v) is 6.75. The van der Waals surface area contributed by atoms with Gasteiger partial charge in [0.2, 0.25) is 0 Å². The summed E-state index contributed by atoms with van der Waals surface area (Å²) in [6.07, 6.45) is 8.43. The second-order valence-electron chi connectivity index (χ2n) is 4.84. The first kappa shape index (κ1) is 12.5. The molecule has 1 aromatic carbocycles. The van der Waals surface area contributed by atoms with Crippen LogP contribution in [-0.4, -0.2) is 26.6 Å². The molecule has 0 radical (unpaired) electrons. The molecule has 1 amide bonds. The molecule has 0 spiro atoms. The number of fused-ring (bicyclic) bond motifs is 1. The standard InChI is InChI=1S/C16H11N5O/c22-16-12(15(20-21-16)14-9-17-5-6-18-14)7-10-8-19-13-4-2-1-3-11(10)13/h1-9,19H,(H,21,22). The number of carbonyl (C=O) groups is 1. The molecule has 1 aliphatic heterocycles. The minimum Gasteiger partial charge on any atom is -0.361 e. The zero-order valence-electron chi connectivity index (χ0n) is 11.4. The summed E-state index contributed by atoms with van der Waals surface area (Å²) in [5.74, 6) is -0.245. The molecule has 1 aliphatic rings. The molecule has 0 bridgehead atoms. The molecule has 2 aromatic heterocycles. The molecule has 6 heteroatoms. The number of hydrazone groups is 1. The predicted octanol–water partition coefficient (Wildman–Crippen LogP) is 1.88. The SMILES string of the molecule is O=C1NN=C(c2cnccn2)C1=Cc1c[nH]c2ccccc12. The van der Waals surface area contributed by atoms with Gasteiger partial charge in [-0.3, -0.25) is 14.8 Å². The van der Waals surface area contributed by atoms with Crippen LogP contribution in [0.3, 0.4) is 0 Å². The summed E-state index contributed by atoms with van der Waals surface area (Å²) in [7, 11) is 0. The Bertz CT molecular complexity index is 924. The minimum atomic E-state index is -0.245. The van der Waals surface area contributed by atoms with Crippen molar-refractivity contribution in [2.24, 2.45) is 5.10 Å². The van der Waals surface area contributed by atoms with Gasteiger partial charge in [-0.2, -0.15) is 5.10 Å². The summed E-state index contributed by atoms with van der Waals surface area (Å²) in [4.78, 5) is 23.5. The van der Waals surface area contributed by atoms with Gasteiger partial charge >= 0.3 is 0 Å². The molecule has 0 saturated carbocycles. The Morgan fingerprint density at radius 3 is 2.91 bits per heavy atom. The summed E-state index contributed by atoms with van der Waals surface area (Å²) < 4.78 is 0. The molecule has 6 nitrogen and oxygen atoms in total. The largest absolute Gasteiger partial charge is 0.361 e. The Morgan fingerprint density at radius 2 is 2.05 bits per heavy atom. The molecule has 22 heavy (non-hydrogen) atoms. The highest BCUT2D eigenvalue weighted by molar-refractivity contribution is 6.32. The summed E-state index contributed by atoms with van der Waals surface area (Å²) in [5.41, 5.74) is 5.97. The number of H-pyrrole nitrogens is 1. The van der Waals surface area contributed by atoms with Crippen LogP contribution < -0.4 is 5.43 Å². The van der Waals surface area contributed by atoms with Crippen LogP contribution >= 0.6 is 0 Å². The molecule has 4 rings (SSSR count). The number of benzene rings is 1. The molecular weight excluding hydrogens is 278 g/mol. The number of carbonyl (C=O) groups excluding carboxylic acids is 1. The normalized spacial score (nSPS) is 16.1. The van der Waals surface area contributed by atoms with Crippen LogP contribution in [-0.2, 0) is 4.79 Å². The third kappa shape index (κ3) is 1.98. The lowest BCUT2D eigenvalue weighted by Crippen LogP contribution is -2.14. The van der Waals surface area contributed by atoms with E-state index in [4.69, 9.17) is 0 Å². The number of aromatic nitrogens is 3. The van der Waals surface area contributed by atoms with E-state index in [1.54, 1.807) is 18.6 Å². The summed E-state index contributed by atoms with van der Waals surface area (Å²) in [6.45, 7) is 0. The molecule has 3 aromatic rings. The van der Waals surface area contributed by atoms with E-state index in [1.165, 1.54) is 0 Å². The smallest absolute Gasteiger partial charge is 0.273 e. The van der Waals surface area contributed by atoms with Crippen molar-refractivity contribution in [3.05, 3.63) is 65.9 Å². The Hall–Kier alpha value is -3.28. The van der Waals surface area contributed by atoms with Crippen molar-refractivity contribution in [3.63, 3.8) is 0 Å². The van der Waals surface area contributed by atoms with E-state index in [0.29, 0.717) is 17.0 Å². The number of aromatic amines is 1. The van der Waals surface area contributed by atoms with Gasteiger partial charge in [-0.1, -0.05) is 18.2 Å². The van der Waals surface area contributed by atoms with Gasteiger partial charge in [0.25, 0.3) is 5.91 Å². The molecule has 3 heterocycles. The Balaban J connectivity index is 1.83. The highest BCUT2D eigenvalue weighted by Gasteiger charge is 2.25. The fourth-order valence-electron chi connectivity index (χ4n) is 2.45. The topological polar surface area (TPSA) is 83.0 Å². The Morgan fingerprint density at radius 1 is 1.14 bits per heavy atom. The molecular formula is C16H11N5O. The number of para-hydroxylation sites is 1. The lowest BCUT2D eigenvalue weighted by Gasteiger charge is -2.00. The first-order valence-electron chi connectivity index (χ1n) is 6.75. The van der Waals surface area contributed by atoms with Crippen molar-refractivity contribution in [2.45, 2.75) is 0 Å². The minimum absolute atomic E-state index is 0.245. The lowest BCUT2D eigenvalue weighted by molar-refractivity contribution is -0.116. The summed E-state index contributed by atoms with van der Waals surface area (Å²) in [5, 5.41) is 5.11. The molecule has 0 fully saturated rings. The Labute approximate surface area is 125 Å². The fraction of sp³-hybridized carbons (Fsp3) is 0. The second kappa shape index (κ2) is 4.92. The zero-order chi connectivity index (χ0) is 14.9. The van der Waals surface area contributed by atoms with E-state index in [1.807, 2.05) is 36.5 Å². The van der Waals surface area contributed by atoms with Crippen LogP contribution in [0, 0.1) is 0 Å². The predicted molar refractivity (Wildman–Crippen MR) is 83.0 cm³/mol. The van der Waals surface area contributed by atoms with Gasteiger partial charge in [0.1, 0.15) is 11.4 Å². The third-order valence-electron chi connectivity index (χ3n) is 3.50. The molecule has 0 unspecified atom stereocenters. The van der Waals surface area contributed by atoms with E-state index in [0.717, 1.165) is 16.5 Å². The number of hydrogen-bond donors (Lipinski definition) is 2. The number of nitrogens with zero attached hydrogens (tertiary/aromatic N) is 3. The van der Waals surface area contributed by atoms with Gasteiger partial charge in [-0.15, -0.1) is 0 Å². The Kier molecular flexibility index (Phi) is 2.79. The van der Waals surface area contributed by atoms with Crippen LogP contribution in [0.4, 0.5) is 0 Å². The van der Waals surface area contributed by atoms with Crippen LogP contribution in [0.15, 0.2) is 59.7 Å². The van der Waals surface area contributed by atoms with Crippen LogP contribution in [0.2, 0.25) is 0 Å². The van der Waals surface area contributed by atoms with E-state index in [-0.39, 0.29) is 5.91 Å². The van der Waals surface area contributed by atoms with Crippen LogP contribution in [0.1, 0.15) is 11.3 Å². The quantitative estimate of drug-likeness (QED) is 0.706. The average molecular weight is 289 g/mol. The highest BCUT2D eigenvalue weighted by Crippen LogP contribution is 2.22. The van der Waals surface area contributed by atoms with E-state index in [9.17, 15) is 4.79 Å². The van der Waals surface area contributed by atoms with E-state index in [2.05, 4.69) is 25.5 Å². The van der Waals surface area contributed by atoms with Crippen molar-refractivity contribution < 1.29 is 4.79 Å². The van der Waals surface area contributed by atoms with E-state index < -0.39 is 0 Å².